The number of carboxylic acid groups (broad SMARTS) is 1. The van der Waals surface area contributed by atoms with Crippen LogP contribution in [0.5, 0.6) is 11.6 Å². The number of rotatable bonds is 8. The van der Waals surface area contributed by atoms with E-state index in [9.17, 15) is 15.2 Å². The molecule has 1 aliphatic carbocycles. The maximum absolute atomic E-state index is 11.2. The van der Waals surface area contributed by atoms with Crippen LogP contribution in [0.1, 0.15) is 60.5 Å². The number of aliphatic carboxylic acids is 1. The molecule has 3 aromatic rings. The van der Waals surface area contributed by atoms with E-state index in [-0.39, 0.29) is 24.5 Å². The van der Waals surface area contributed by atoms with Gasteiger partial charge >= 0.3 is 5.97 Å². The first-order valence-electron chi connectivity index (χ1n) is 12.7. The second-order valence-electron chi connectivity index (χ2n) is 9.42. The molecule has 1 unspecified atom stereocenters. The van der Waals surface area contributed by atoms with Gasteiger partial charge in [-0.1, -0.05) is 24.1 Å². The van der Waals surface area contributed by atoms with E-state index in [4.69, 9.17) is 14.2 Å². The number of pyridine rings is 1. The fourth-order valence-electron chi connectivity index (χ4n) is 5.13. The third kappa shape index (κ3) is 5.49. The second-order valence-corrected chi connectivity index (χ2v) is 9.42. The zero-order chi connectivity index (χ0) is 26.5. The fraction of sp³-hybridized carbons (Fsp3) is 0.323. The van der Waals surface area contributed by atoms with E-state index in [2.05, 4.69) is 22.9 Å². The Balaban J connectivity index is 1.35. The van der Waals surface area contributed by atoms with Crippen molar-refractivity contribution < 1.29 is 24.1 Å². The summed E-state index contributed by atoms with van der Waals surface area (Å²) in [6.45, 7) is 2.99. The summed E-state index contributed by atoms with van der Waals surface area (Å²) in [6.07, 6.45) is 4.03. The summed E-state index contributed by atoms with van der Waals surface area (Å²) >= 11 is 0. The lowest BCUT2D eigenvalue weighted by Crippen LogP contribution is -2.16. The van der Waals surface area contributed by atoms with E-state index in [0.29, 0.717) is 30.4 Å². The van der Waals surface area contributed by atoms with Crippen molar-refractivity contribution in [2.75, 3.05) is 13.2 Å². The van der Waals surface area contributed by atoms with Crippen molar-refractivity contribution in [3.05, 3.63) is 77.0 Å². The first-order valence-corrected chi connectivity index (χ1v) is 12.7. The molecule has 2 aliphatic rings. The van der Waals surface area contributed by atoms with E-state index >= 15 is 0 Å². The van der Waals surface area contributed by atoms with Gasteiger partial charge in [0.25, 0.3) is 0 Å². The second kappa shape index (κ2) is 11.4. The highest BCUT2D eigenvalue weighted by molar-refractivity contribution is 5.76. The average Bonchev–Trinajstić information content (AvgIpc) is 3.59. The molecule has 0 saturated carbocycles. The predicted octanol–water partition coefficient (Wildman–Crippen LogP) is 5.44. The van der Waals surface area contributed by atoms with Gasteiger partial charge in [0.05, 0.1) is 37.2 Å². The van der Waals surface area contributed by atoms with E-state index in [1.807, 2.05) is 48.5 Å². The summed E-state index contributed by atoms with van der Waals surface area (Å²) in [5.41, 5.74) is 5.39. The van der Waals surface area contributed by atoms with Gasteiger partial charge in [0.1, 0.15) is 18.0 Å². The maximum Gasteiger partial charge on any atom is 0.304 e. The minimum atomic E-state index is -0.881. The van der Waals surface area contributed by atoms with Crippen molar-refractivity contribution in [3.8, 4) is 40.7 Å². The molecule has 0 spiro atoms. The van der Waals surface area contributed by atoms with Gasteiger partial charge in [0, 0.05) is 29.8 Å². The molecule has 0 bridgehead atoms. The quantitative estimate of drug-likeness (QED) is 0.405. The molecule has 1 fully saturated rings. The molecule has 192 valence electrons. The molecular formula is C31H28N2O5. The smallest absolute Gasteiger partial charge is 0.304 e. The minimum absolute atomic E-state index is 0.0265. The van der Waals surface area contributed by atoms with Crippen molar-refractivity contribution in [1.82, 2.24) is 4.98 Å². The lowest BCUT2D eigenvalue weighted by atomic mass is 9.93. The van der Waals surface area contributed by atoms with Crippen LogP contribution < -0.4 is 9.47 Å². The Morgan fingerprint density at radius 3 is 2.66 bits per heavy atom. The highest BCUT2D eigenvalue weighted by atomic mass is 16.5. The van der Waals surface area contributed by atoms with Gasteiger partial charge in [-0.15, -0.1) is 5.92 Å². The van der Waals surface area contributed by atoms with Crippen molar-refractivity contribution >= 4 is 5.97 Å². The van der Waals surface area contributed by atoms with E-state index in [0.717, 1.165) is 47.1 Å². The molecule has 1 aliphatic heterocycles. The Labute approximate surface area is 222 Å². The topological polar surface area (TPSA) is 102 Å². The molecular weight excluding hydrogens is 480 g/mol. The highest BCUT2D eigenvalue weighted by Gasteiger charge is 2.29. The van der Waals surface area contributed by atoms with E-state index in [1.54, 1.807) is 13.1 Å². The molecule has 1 N–H and O–H groups in total. The van der Waals surface area contributed by atoms with Crippen LogP contribution in [0, 0.1) is 23.2 Å². The largest absolute Gasteiger partial charge is 0.486 e. The predicted molar refractivity (Wildman–Crippen MR) is 141 cm³/mol. The first-order chi connectivity index (χ1) is 18.6. The van der Waals surface area contributed by atoms with Crippen LogP contribution in [-0.2, 0) is 16.0 Å². The number of aromatic nitrogens is 1. The Bertz CT molecular complexity index is 1410. The average molecular weight is 509 g/mol. The van der Waals surface area contributed by atoms with Gasteiger partial charge in [0.2, 0.25) is 5.88 Å². The van der Waals surface area contributed by atoms with Gasteiger partial charge in [-0.05, 0) is 60.7 Å². The van der Waals surface area contributed by atoms with Crippen LogP contribution in [0.4, 0.5) is 0 Å². The number of fused-ring (bicyclic) bond motifs is 1. The van der Waals surface area contributed by atoms with Gasteiger partial charge in [-0.25, -0.2) is 4.98 Å². The van der Waals surface area contributed by atoms with Crippen LogP contribution in [-0.4, -0.2) is 35.4 Å². The molecule has 2 heterocycles. The Morgan fingerprint density at radius 1 is 1.16 bits per heavy atom. The monoisotopic (exact) mass is 508 g/mol. The summed E-state index contributed by atoms with van der Waals surface area (Å²) < 4.78 is 17.6. The minimum Gasteiger partial charge on any atom is -0.486 e. The van der Waals surface area contributed by atoms with E-state index < -0.39 is 5.97 Å². The third-order valence-electron chi connectivity index (χ3n) is 6.93. The van der Waals surface area contributed by atoms with Crippen LogP contribution in [0.15, 0.2) is 54.7 Å². The zero-order valence-electron chi connectivity index (χ0n) is 21.1. The van der Waals surface area contributed by atoms with Crippen LogP contribution in [0.2, 0.25) is 0 Å². The fourth-order valence-corrected chi connectivity index (χ4v) is 5.13. The highest BCUT2D eigenvalue weighted by Crippen LogP contribution is 2.42. The van der Waals surface area contributed by atoms with Gasteiger partial charge in [-0.3, -0.25) is 4.79 Å². The lowest BCUT2D eigenvalue weighted by Gasteiger charge is -2.17. The molecule has 0 amide bonds. The number of carbonyl (C=O) groups is 1. The lowest BCUT2D eigenvalue weighted by molar-refractivity contribution is -0.137. The van der Waals surface area contributed by atoms with Crippen molar-refractivity contribution in [2.24, 2.45) is 0 Å². The van der Waals surface area contributed by atoms with Crippen molar-refractivity contribution in [1.29, 1.82) is 5.26 Å². The summed E-state index contributed by atoms with van der Waals surface area (Å²) in [7, 11) is 0. The Kier molecular flexibility index (Phi) is 7.58. The van der Waals surface area contributed by atoms with E-state index in [1.165, 1.54) is 0 Å². The number of nitriles is 1. The standard InChI is InChI=1S/C31H28N2O5/c1-2-3-21(16-30(34)35)20-4-8-24(9-5-20)37-28-12-11-27-26(28)10-6-22(17-32)31(27)23-7-13-29(33-18-23)38-25-14-15-36-19-25/h4-10,13,18,21,25,28H,11-12,14-16,19H2,1H3,(H,34,35)/t21?,25-,28-/m1/s1. The van der Waals surface area contributed by atoms with Crippen molar-refractivity contribution in [2.45, 2.75) is 50.7 Å². The Morgan fingerprint density at radius 2 is 2.00 bits per heavy atom. The maximum atomic E-state index is 11.2. The van der Waals surface area contributed by atoms with Crippen LogP contribution in [0.25, 0.3) is 11.1 Å². The first kappa shape index (κ1) is 25.3. The summed E-state index contributed by atoms with van der Waals surface area (Å²) in [4.78, 5) is 15.7. The summed E-state index contributed by atoms with van der Waals surface area (Å²) in [5, 5.41) is 19.0. The molecule has 1 saturated heterocycles. The molecule has 7 nitrogen and oxygen atoms in total. The van der Waals surface area contributed by atoms with Gasteiger partial charge in [-0.2, -0.15) is 5.26 Å². The number of carboxylic acids is 1. The van der Waals surface area contributed by atoms with Crippen LogP contribution in [0.3, 0.4) is 0 Å². The third-order valence-corrected chi connectivity index (χ3v) is 6.93. The number of ether oxygens (including phenoxy) is 3. The number of hydrogen-bond acceptors (Lipinski definition) is 6. The number of nitrogens with zero attached hydrogens (tertiary/aromatic N) is 2. The van der Waals surface area contributed by atoms with Crippen molar-refractivity contribution in [3.63, 3.8) is 0 Å². The normalized spacial score (nSPS) is 18.5. The summed E-state index contributed by atoms with van der Waals surface area (Å²) in [5.74, 6) is 5.81. The van der Waals surface area contributed by atoms with Gasteiger partial charge < -0.3 is 19.3 Å². The molecule has 38 heavy (non-hydrogen) atoms. The Hall–Kier alpha value is -4.33. The number of benzene rings is 2. The van der Waals surface area contributed by atoms with Gasteiger partial charge in [0.15, 0.2) is 0 Å². The summed E-state index contributed by atoms with van der Waals surface area (Å²) in [6, 6.07) is 17.4. The van der Waals surface area contributed by atoms with Crippen LogP contribution >= 0.6 is 0 Å². The zero-order valence-corrected chi connectivity index (χ0v) is 21.1. The molecule has 7 heteroatoms. The number of hydrogen-bond donors (Lipinski definition) is 1. The molecule has 1 aromatic heterocycles. The molecule has 2 aromatic carbocycles. The SMILES string of the molecule is CC#CC(CC(=O)O)c1ccc(O[C@@H]2CCc3c2ccc(C#N)c3-c2ccc(O[C@@H]3CCOC3)nc2)cc1. The molecule has 5 rings (SSSR count). The molecule has 0 radical (unpaired) electrons. The molecule has 3 atom stereocenters.